The van der Waals surface area contributed by atoms with Crippen LogP contribution in [0.5, 0.6) is 0 Å². The zero-order valence-corrected chi connectivity index (χ0v) is 10.5. The maximum absolute atomic E-state index is 13.4. The van der Waals surface area contributed by atoms with Crippen LogP contribution in [0.1, 0.15) is 38.5 Å². The van der Waals surface area contributed by atoms with Crippen LogP contribution in [0.15, 0.2) is 30.3 Å². The van der Waals surface area contributed by atoms with Gasteiger partial charge in [-0.25, -0.2) is 0 Å². The standard InChI is InChI=1S/C14H19OP/c15-16(12-6-2-1-3-7-12)13-8-4-9-14(16)11-5-10-13/h1-3,6-7,13-14H,4-5,8-11H2. The minimum absolute atomic E-state index is 0.502. The van der Waals surface area contributed by atoms with Crippen molar-refractivity contribution >= 4 is 12.4 Å². The molecular weight excluding hydrogens is 215 g/mol. The lowest BCUT2D eigenvalue weighted by atomic mass is 9.99. The van der Waals surface area contributed by atoms with Crippen LogP contribution in [-0.2, 0) is 4.57 Å². The fourth-order valence-electron chi connectivity index (χ4n) is 3.61. The van der Waals surface area contributed by atoms with Gasteiger partial charge in [0, 0.05) is 16.6 Å². The number of hydrogen-bond acceptors (Lipinski definition) is 1. The number of fused-ring (bicyclic) bond motifs is 2. The zero-order valence-electron chi connectivity index (χ0n) is 9.64. The number of hydrogen-bond donors (Lipinski definition) is 0. The SMILES string of the molecule is O=P1(c2ccccc2)C2CCCC1CCC2. The van der Waals surface area contributed by atoms with E-state index in [-0.39, 0.29) is 0 Å². The molecule has 2 heteroatoms. The minimum atomic E-state index is -2.08. The van der Waals surface area contributed by atoms with Gasteiger partial charge in [-0.2, -0.15) is 0 Å². The molecule has 0 saturated carbocycles. The predicted octanol–water partition coefficient (Wildman–Crippen LogP) is 3.78. The average Bonchev–Trinajstić information content (AvgIpc) is 2.29. The lowest BCUT2D eigenvalue weighted by Crippen LogP contribution is -2.34. The molecule has 2 aliphatic heterocycles. The van der Waals surface area contributed by atoms with Crippen molar-refractivity contribution in [1.29, 1.82) is 0 Å². The molecule has 16 heavy (non-hydrogen) atoms. The van der Waals surface area contributed by atoms with Crippen molar-refractivity contribution in [3.8, 4) is 0 Å². The van der Waals surface area contributed by atoms with E-state index in [2.05, 4.69) is 12.1 Å². The van der Waals surface area contributed by atoms with Crippen LogP contribution < -0.4 is 5.30 Å². The molecule has 0 aliphatic carbocycles. The largest absolute Gasteiger partial charge is 0.318 e. The quantitative estimate of drug-likeness (QED) is 0.676. The molecule has 0 radical (unpaired) electrons. The summed E-state index contributed by atoms with van der Waals surface area (Å²) in [6, 6.07) is 10.3. The lowest BCUT2D eigenvalue weighted by Gasteiger charge is -2.42. The topological polar surface area (TPSA) is 17.1 Å². The lowest BCUT2D eigenvalue weighted by molar-refractivity contribution is 0.436. The average molecular weight is 234 g/mol. The Morgan fingerprint density at radius 3 is 1.88 bits per heavy atom. The third-order valence-corrected chi connectivity index (χ3v) is 8.70. The Morgan fingerprint density at radius 2 is 1.38 bits per heavy atom. The van der Waals surface area contributed by atoms with Gasteiger partial charge in [-0.05, 0) is 25.7 Å². The van der Waals surface area contributed by atoms with Gasteiger partial charge in [0.05, 0.1) is 0 Å². The molecule has 2 aliphatic rings. The molecule has 0 unspecified atom stereocenters. The Hall–Kier alpha value is -0.550. The van der Waals surface area contributed by atoms with Crippen molar-refractivity contribution in [3.63, 3.8) is 0 Å². The smallest absolute Gasteiger partial charge is 0.121 e. The molecule has 0 amide bonds. The first-order valence-electron chi connectivity index (χ1n) is 6.47. The van der Waals surface area contributed by atoms with E-state index in [1.54, 1.807) is 0 Å². The Balaban J connectivity index is 2.06. The molecule has 0 atom stereocenters. The Bertz CT molecular complexity index is 386. The first-order chi connectivity index (χ1) is 7.82. The Kier molecular flexibility index (Phi) is 2.67. The molecule has 2 fully saturated rings. The molecule has 1 nitrogen and oxygen atoms in total. The molecule has 86 valence electrons. The van der Waals surface area contributed by atoms with Gasteiger partial charge >= 0.3 is 0 Å². The summed E-state index contributed by atoms with van der Waals surface area (Å²) in [5.41, 5.74) is 1.00. The second-order valence-electron chi connectivity index (χ2n) is 5.21. The van der Waals surface area contributed by atoms with Crippen molar-refractivity contribution in [1.82, 2.24) is 0 Å². The monoisotopic (exact) mass is 234 g/mol. The van der Waals surface area contributed by atoms with E-state index >= 15 is 0 Å². The van der Waals surface area contributed by atoms with Crippen LogP contribution in [0.2, 0.25) is 0 Å². The van der Waals surface area contributed by atoms with Crippen LogP contribution in [0, 0.1) is 0 Å². The molecule has 2 heterocycles. The van der Waals surface area contributed by atoms with Crippen molar-refractivity contribution in [3.05, 3.63) is 30.3 Å². The highest BCUT2D eigenvalue weighted by atomic mass is 31.2. The zero-order chi connectivity index (χ0) is 11.0. The fourth-order valence-corrected chi connectivity index (χ4v) is 7.96. The Morgan fingerprint density at radius 1 is 0.875 bits per heavy atom. The summed E-state index contributed by atoms with van der Waals surface area (Å²) in [4.78, 5) is 0. The molecule has 1 aromatic rings. The second-order valence-corrected chi connectivity index (χ2v) is 8.61. The van der Waals surface area contributed by atoms with Crippen molar-refractivity contribution in [2.45, 2.75) is 49.8 Å². The van der Waals surface area contributed by atoms with Crippen molar-refractivity contribution in [2.75, 3.05) is 0 Å². The predicted molar refractivity (Wildman–Crippen MR) is 69.0 cm³/mol. The summed E-state index contributed by atoms with van der Waals surface area (Å²) in [5, 5.41) is 1.16. The molecule has 0 aromatic heterocycles. The summed E-state index contributed by atoms with van der Waals surface area (Å²) < 4.78 is 13.4. The first kappa shape index (κ1) is 10.6. The fraction of sp³-hybridized carbons (Fsp3) is 0.571. The van der Waals surface area contributed by atoms with Gasteiger partial charge in [-0.1, -0.05) is 43.2 Å². The van der Waals surface area contributed by atoms with E-state index in [0.717, 1.165) is 5.30 Å². The molecule has 3 rings (SSSR count). The van der Waals surface area contributed by atoms with Gasteiger partial charge in [0.2, 0.25) is 0 Å². The highest BCUT2D eigenvalue weighted by Crippen LogP contribution is 2.65. The van der Waals surface area contributed by atoms with Gasteiger partial charge in [-0.15, -0.1) is 0 Å². The molecule has 2 bridgehead atoms. The van der Waals surface area contributed by atoms with E-state index in [1.165, 1.54) is 38.5 Å². The summed E-state index contributed by atoms with van der Waals surface area (Å²) >= 11 is 0. The van der Waals surface area contributed by atoms with Gasteiger partial charge in [0.15, 0.2) is 0 Å². The van der Waals surface area contributed by atoms with Crippen molar-refractivity contribution in [2.24, 2.45) is 0 Å². The van der Waals surface area contributed by atoms with Crippen LogP contribution in [0.3, 0.4) is 0 Å². The maximum Gasteiger partial charge on any atom is 0.121 e. The number of rotatable bonds is 1. The maximum atomic E-state index is 13.4. The van der Waals surface area contributed by atoms with Crippen molar-refractivity contribution < 1.29 is 4.57 Å². The number of benzene rings is 1. The van der Waals surface area contributed by atoms with E-state index in [4.69, 9.17) is 0 Å². The molecule has 0 N–H and O–H groups in total. The van der Waals surface area contributed by atoms with Gasteiger partial charge in [-0.3, -0.25) is 0 Å². The van der Waals surface area contributed by atoms with Gasteiger partial charge in [0.25, 0.3) is 0 Å². The second kappa shape index (κ2) is 4.04. The van der Waals surface area contributed by atoms with Crippen LogP contribution >= 0.6 is 7.14 Å². The van der Waals surface area contributed by atoms with E-state index < -0.39 is 7.14 Å². The third-order valence-electron chi connectivity index (χ3n) is 4.39. The van der Waals surface area contributed by atoms with E-state index in [0.29, 0.717) is 11.3 Å². The summed E-state index contributed by atoms with van der Waals surface area (Å²) in [7, 11) is -2.08. The van der Waals surface area contributed by atoms with Crippen LogP contribution in [0.25, 0.3) is 0 Å². The molecular formula is C14H19OP. The minimum Gasteiger partial charge on any atom is -0.318 e. The summed E-state index contributed by atoms with van der Waals surface area (Å²) in [6.07, 6.45) is 7.38. The van der Waals surface area contributed by atoms with Gasteiger partial charge in [0.1, 0.15) is 7.14 Å². The molecule has 2 saturated heterocycles. The highest BCUT2D eigenvalue weighted by molar-refractivity contribution is 7.73. The summed E-state index contributed by atoms with van der Waals surface area (Å²) in [5.74, 6) is 0. The van der Waals surface area contributed by atoms with Crippen LogP contribution in [-0.4, -0.2) is 11.3 Å². The third kappa shape index (κ3) is 1.49. The molecule has 0 spiro atoms. The van der Waals surface area contributed by atoms with E-state index in [9.17, 15) is 4.57 Å². The van der Waals surface area contributed by atoms with Crippen LogP contribution in [0.4, 0.5) is 0 Å². The van der Waals surface area contributed by atoms with Gasteiger partial charge < -0.3 is 4.57 Å². The van der Waals surface area contributed by atoms with E-state index in [1.807, 2.05) is 18.2 Å². The Labute approximate surface area is 97.6 Å². The highest BCUT2D eigenvalue weighted by Gasteiger charge is 2.46. The first-order valence-corrected chi connectivity index (χ1v) is 8.31. The normalized spacial score (nSPS) is 38.2. The molecule has 1 aromatic carbocycles. The summed E-state index contributed by atoms with van der Waals surface area (Å²) in [6.45, 7) is 0.